The molecule has 3 saturated heterocycles. The van der Waals surface area contributed by atoms with Crippen LogP contribution in [-0.4, -0.2) is 89.1 Å². The number of nitrogens with one attached hydrogen (secondary N) is 2. The smallest absolute Gasteiger partial charge is 0.459 e. The molecule has 2 aromatic heterocycles. The number of aromatic nitrogens is 3. The van der Waals surface area contributed by atoms with Crippen molar-refractivity contribution in [2.24, 2.45) is 0 Å². The van der Waals surface area contributed by atoms with Gasteiger partial charge in [-0.05, 0) is 83.5 Å². The standard InChI is InChI=1S/C40H47F3N7O6P/c1-6-29-32(42)13-12-26-18-28(56-57(52,54-7-2)48-25(5)38(51)55-24(3)4)19-30(33(26)29)35-34(43)36-31(21-44-35)37(50-17-10-8-9-15-45-50)47-39(46-36)53-23-40-14-11-16-49(40)22-27(41)20-40/h1,12-13,18-19,21,24-25,27,45H,7-11,14-17,20,22-23H2,2-5H3,(H,48,52)/t25-,27+,40-,57?/m0/s1. The molecule has 304 valence electrons. The van der Waals surface area contributed by atoms with Crippen LogP contribution in [0.2, 0.25) is 0 Å². The van der Waals surface area contributed by atoms with Crippen LogP contribution in [0.15, 0.2) is 30.5 Å². The third-order valence-electron chi connectivity index (χ3n) is 10.5. The summed E-state index contributed by atoms with van der Waals surface area (Å²) in [6, 6.07) is 4.19. The first-order chi connectivity index (χ1) is 27.3. The molecule has 0 saturated carbocycles. The molecule has 4 atom stereocenters. The van der Waals surface area contributed by atoms with Crippen molar-refractivity contribution in [1.29, 1.82) is 0 Å². The van der Waals surface area contributed by atoms with Gasteiger partial charge in [0.1, 0.15) is 41.6 Å². The number of esters is 1. The summed E-state index contributed by atoms with van der Waals surface area (Å²) in [6.07, 6.45) is 10.7. The monoisotopic (exact) mass is 809 g/mol. The van der Waals surface area contributed by atoms with Crippen LogP contribution in [-0.2, 0) is 18.6 Å². The average Bonchev–Trinajstić information content (AvgIpc) is 3.55. The van der Waals surface area contributed by atoms with Gasteiger partial charge in [-0.1, -0.05) is 18.4 Å². The number of alkyl halides is 1. The first-order valence-corrected chi connectivity index (χ1v) is 20.9. The summed E-state index contributed by atoms with van der Waals surface area (Å²) >= 11 is 0. The Balaban J connectivity index is 1.35. The van der Waals surface area contributed by atoms with E-state index in [9.17, 15) is 13.8 Å². The van der Waals surface area contributed by atoms with Gasteiger partial charge in [0.2, 0.25) is 0 Å². The fourth-order valence-corrected chi connectivity index (χ4v) is 9.47. The van der Waals surface area contributed by atoms with Gasteiger partial charge in [0.25, 0.3) is 0 Å². The van der Waals surface area contributed by atoms with E-state index in [2.05, 4.69) is 31.3 Å². The second kappa shape index (κ2) is 16.8. The minimum absolute atomic E-state index is 0.0145. The Morgan fingerprint density at radius 1 is 1.16 bits per heavy atom. The van der Waals surface area contributed by atoms with Gasteiger partial charge in [-0.3, -0.25) is 24.2 Å². The van der Waals surface area contributed by atoms with Gasteiger partial charge < -0.3 is 14.0 Å². The number of ether oxygens (including phenoxy) is 2. The molecule has 0 radical (unpaired) electrons. The van der Waals surface area contributed by atoms with Gasteiger partial charge in [0, 0.05) is 43.2 Å². The molecule has 0 spiro atoms. The maximum atomic E-state index is 17.4. The van der Waals surface area contributed by atoms with Crippen LogP contribution >= 0.6 is 7.75 Å². The molecule has 7 rings (SSSR count). The summed E-state index contributed by atoms with van der Waals surface area (Å²) in [4.78, 5) is 28.6. The topological polar surface area (TPSA) is 140 Å². The highest BCUT2D eigenvalue weighted by Crippen LogP contribution is 2.48. The van der Waals surface area contributed by atoms with Gasteiger partial charge >= 0.3 is 19.7 Å². The van der Waals surface area contributed by atoms with Gasteiger partial charge in [0.05, 0.1) is 29.2 Å². The number of carbonyl (C=O) groups excluding carboxylic acids is 1. The fraction of sp³-hybridized carbons (Fsp3) is 0.500. The molecule has 4 aromatic rings. The maximum Gasteiger partial charge on any atom is 0.459 e. The van der Waals surface area contributed by atoms with Crippen molar-refractivity contribution in [3.05, 3.63) is 47.7 Å². The summed E-state index contributed by atoms with van der Waals surface area (Å²) in [7, 11) is -4.28. The Kier molecular flexibility index (Phi) is 12.0. The molecule has 5 heterocycles. The van der Waals surface area contributed by atoms with Crippen LogP contribution in [0.5, 0.6) is 11.8 Å². The van der Waals surface area contributed by atoms with E-state index in [-0.39, 0.29) is 58.1 Å². The molecule has 2 N–H and O–H groups in total. The Morgan fingerprint density at radius 3 is 2.75 bits per heavy atom. The molecule has 3 aliphatic rings. The number of halogens is 3. The van der Waals surface area contributed by atoms with Crippen molar-refractivity contribution in [3.63, 3.8) is 0 Å². The average molecular weight is 810 g/mol. The number of carbonyl (C=O) groups is 1. The van der Waals surface area contributed by atoms with Crippen molar-refractivity contribution in [3.8, 4) is 35.4 Å². The van der Waals surface area contributed by atoms with Crippen LogP contribution in [0, 0.1) is 24.0 Å². The van der Waals surface area contributed by atoms with E-state index < -0.39 is 49.2 Å². The summed E-state index contributed by atoms with van der Waals surface area (Å²) in [5.74, 6) is 0.365. The molecule has 17 heteroatoms. The van der Waals surface area contributed by atoms with Crippen molar-refractivity contribution in [1.82, 2.24) is 30.4 Å². The minimum Gasteiger partial charge on any atom is -0.462 e. The van der Waals surface area contributed by atoms with Crippen molar-refractivity contribution in [2.75, 3.05) is 44.4 Å². The van der Waals surface area contributed by atoms with Crippen molar-refractivity contribution < 1.29 is 41.1 Å². The molecular weight excluding hydrogens is 762 g/mol. The van der Waals surface area contributed by atoms with Crippen LogP contribution in [0.4, 0.5) is 19.0 Å². The lowest BCUT2D eigenvalue weighted by atomic mass is 9.95. The minimum atomic E-state index is -4.28. The quantitative estimate of drug-likeness (QED) is 0.0814. The van der Waals surface area contributed by atoms with E-state index in [4.69, 9.17) is 29.9 Å². The predicted molar refractivity (Wildman–Crippen MR) is 210 cm³/mol. The number of hydrogen-bond donors (Lipinski definition) is 2. The fourth-order valence-electron chi connectivity index (χ4n) is 7.99. The van der Waals surface area contributed by atoms with Gasteiger partial charge in [0.15, 0.2) is 11.6 Å². The SMILES string of the molecule is C#Cc1c(F)ccc2cc(OP(=O)(N[C@@H](C)C(=O)OC(C)C)OCC)cc(-c3ncc4c(N5CCCCCN5)nc(OC[C@@]56CCCN5C[C@H](F)C6)nc4c3F)c12. The third kappa shape index (κ3) is 8.40. The molecule has 3 aliphatic heterocycles. The molecule has 3 fully saturated rings. The summed E-state index contributed by atoms with van der Waals surface area (Å²) in [5.41, 5.74) is 2.33. The molecule has 2 aromatic carbocycles. The van der Waals surface area contributed by atoms with Crippen LogP contribution in [0.3, 0.4) is 0 Å². The molecule has 1 unspecified atom stereocenters. The van der Waals surface area contributed by atoms with E-state index in [1.165, 1.54) is 31.3 Å². The Labute approximate surface area is 329 Å². The summed E-state index contributed by atoms with van der Waals surface area (Å²) in [5, 5.41) is 5.19. The number of benzene rings is 2. The van der Waals surface area contributed by atoms with E-state index in [0.717, 1.165) is 44.7 Å². The highest BCUT2D eigenvalue weighted by Gasteiger charge is 2.49. The number of fused-ring (bicyclic) bond motifs is 3. The Hall–Kier alpha value is -4.52. The first-order valence-electron chi connectivity index (χ1n) is 19.4. The summed E-state index contributed by atoms with van der Waals surface area (Å²) in [6.45, 7) is 8.83. The number of nitrogens with zero attached hydrogens (tertiary/aromatic N) is 5. The number of hydrazine groups is 1. The molecule has 0 bridgehead atoms. The zero-order valence-electron chi connectivity index (χ0n) is 32.4. The van der Waals surface area contributed by atoms with Gasteiger partial charge in [-0.2, -0.15) is 15.1 Å². The van der Waals surface area contributed by atoms with Crippen LogP contribution in [0.25, 0.3) is 32.9 Å². The maximum absolute atomic E-state index is 17.4. The lowest BCUT2D eigenvalue weighted by Crippen LogP contribution is -2.43. The highest BCUT2D eigenvalue weighted by atomic mass is 31.2. The molecule has 0 aliphatic carbocycles. The molecule has 0 amide bonds. The predicted octanol–water partition coefficient (Wildman–Crippen LogP) is 7.01. The van der Waals surface area contributed by atoms with Crippen molar-refractivity contribution in [2.45, 2.75) is 90.1 Å². The summed E-state index contributed by atoms with van der Waals surface area (Å²) < 4.78 is 84.3. The number of rotatable bonds is 13. The van der Waals surface area contributed by atoms with E-state index in [1.807, 2.05) is 5.01 Å². The molecule has 13 nitrogen and oxygen atoms in total. The van der Waals surface area contributed by atoms with Crippen LogP contribution in [0.1, 0.15) is 71.8 Å². The Morgan fingerprint density at radius 2 is 1.98 bits per heavy atom. The Bertz CT molecular complexity index is 2250. The number of terminal acetylenes is 1. The zero-order valence-corrected chi connectivity index (χ0v) is 33.3. The lowest BCUT2D eigenvalue weighted by Gasteiger charge is -2.31. The zero-order chi connectivity index (χ0) is 40.5. The van der Waals surface area contributed by atoms with Gasteiger partial charge in [-0.25, -0.2) is 23.2 Å². The largest absolute Gasteiger partial charge is 0.462 e. The van der Waals surface area contributed by atoms with Gasteiger partial charge in [-0.15, -0.1) is 6.42 Å². The molecular formula is C40H47F3N7O6P. The second-order valence-corrected chi connectivity index (χ2v) is 16.7. The lowest BCUT2D eigenvalue weighted by molar-refractivity contribution is -0.149. The normalized spacial score (nSPS) is 21.6. The third-order valence-corrected chi connectivity index (χ3v) is 12.3. The van der Waals surface area contributed by atoms with Crippen LogP contribution < -0.4 is 24.8 Å². The number of pyridine rings is 1. The van der Waals surface area contributed by atoms with E-state index in [0.29, 0.717) is 37.3 Å². The second-order valence-electron chi connectivity index (χ2n) is 15.0. The first kappa shape index (κ1) is 40.7. The molecule has 57 heavy (non-hydrogen) atoms. The number of hydrogen-bond acceptors (Lipinski definition) is 12. The highest BCUT2D eigenvalue weighted by molar-refractivity contribution is 7.52. The van der Waals surface area contributed by atoms with E-state index >= 15 is 8.78 Å². The van der Waals surface area contributed by atoms with E-state index in [1.54, 1.807) is 20.8 Å². The number of anilines is 1. The van der Waals surface area contributed by atoms with Crippen molar-refractivity contribution >= 4 is 41.2 Å².